The number of hydrogen-bond donors (Lipinski definition) is 0. The fourth-order valence-corrected chi connectivity index (χ4v) is 2.95. The molecule has 3 rings (SSSR count). The summed E-state index contributed by atoms with van der Waals surface area (Å²) in [5.74, 6) is 2.25. The highest BCUT2D eigenvalue weighted by atomic mass is 15.3. The van der Waals surface area contributed by atoms with E-state index in [1.807, 2.05) is 0 Å². The standard InChI is InChI=1S/C14H25N/c1-3-12(4-1)5-2-6-14-11-15(14)10-9-13-7-8-13/h12-14H,1-11H2. The van der Waals surface area contributed by atoms with Crippen LogP contribution in [0.5, 0.6) is 0 Å². The topological polar surface area (TPSA) is 3.01 Å². The van der Waals surface area contributed by atoms with Gasteiger partial charge in [-0.2, -0.15) is 0 Å². The molecular weight excluding hydrogens is 182 g/mol. The highest BCUT2D eigenvalue weighted by molar-refractivity contribution is 4.90. The molecule has 2 saturated carbocycles. The second-order valence-corrected chi connectivity index (χ2v) is 6.11. The minimum Gasteiger partial charge on any atom is -0.298 e. The molecule has 0 N–H and O–H groups in total. The first-order chi connectivity index (χ1) is 7.42. The summed E-state index contributed by atoms with van der Waals surface area (Å²) < 4.78 is 0. The van der Waals surface area contributed by atoms with Crippen LogP contribution in [0.2, 0.25) is 0 Å². The van der Waals surface area contributed by atoms with Gasteiger partial charge in [-0.05, 0) is 31.2 Å². The Morgan fingerprint density at radius 2 is 1.67 bits per heavy atom. The van der Waals surface area contributed by atoms with Gasteiger partial charge in [-0.3, -0.25) is 4.90 Å². The average molecular weight is 207 g/mol. The van der Waals surface area contributed by atoms with Crippen molar-refractivity contribution >= 4 is 0 Å². The number of rotatable bonds is 7. The minimum absolute atomic E-state index is 1.00. The molecule has 0 aromatic heterocycles. The highest BCUT2D eigenvalue weighted by Gasteiger charge is 2.34. The Balaban J connectivity index is 1.20. The van der Waals surface area contributed by atoms with Crippen LogP contribution in [0.15, 0.2) is 0 Å². The van der Waals surface area contributed by atoms with Gasteiger partial charge in [0.1, 0.15) is 0 Å². The number of nitrogens with zero attached hydrogens (tertiary/aromatic N) is 1. The molecule has 1 aliphatic heterocycles. The summed E-state index contributed by atoms with van der Waals surface area (Å²) in [5, 5.41) is 0. The van der Waals surface area contributed by atoms with Crippen LogP contribution in [0.4, 0.5) is 0 Å². The van der Waals surface area contributed by atoms with Crippen molar-refractivity contribution in [2.45, 2.75) is 63.8 Å². The highest BCUT2D eigenvalue weighted by Crippen LogP contribution is 2.35. The van der Waals surface area contributed by atoms with Crippen LogP contribution in [0.3, 0.4) is 0 Å². The SMILES string of the molecule is C1CC(CCCC2CN2CCC2CC2)C1. The first kappa shape index (κ1) is 10.1. The van der Waals surface area contributed by atoms with Gasteiger partial charge in [-0.1, -0.05) is 44.9 Å². The Labute approximate surface area is 94.2 Å². The average Bonchev–Trinajstić information content (AvgIpc) is 3.01. The molecule has 1 heterocycles. The van der Waals surface area contributed by atoms with Crippen molar-refractivity contribution in [3.8, 4) is 0 Å². The molecule has 86 valence electrons. The molecule has 1 heteroatoms. The van der Waals surface area contributed by atoms with Crippen molar-refractivity contribution < 1.29 is 0 Å². The van der Waals surface area contributed by atoms with Crippen molar-refractivity contribution in [3.63, 3.8) is 0 Å². The third-order valence-electron chi connectivity index (χ3n) is 4.72. The zero-order valence-electron chi connectivity index (χ0n) is 9.96. The zero-order valence-corrected chi connectivity index (χ0v) is 9.96. The zero-order chi connectivity index (χ0) is 10.1. The third-order valence-corrected chi connectivity index (χ3v) is 4.72. The third kappa shape index (κ3) is 2.96. The van der Waals surface area contributed by atoms with Gasteiger partial charge >= 0.3 is 0 Å². The predicted molar refractivity (Wildman–Crippen MR) is 63.9 cm³/mol. The lowest BCUT2D eigenvalue weighted by Gasteiger charge is -2.24. The Morgan fingerprint density at radius 3 is 2.33 bits per heavy atom. The van der Waals surface area contributed by atoms with Gasteiger partial charge in [0, 0.05) is 12.6 Å². The summed E-state index contributed by atoms with van der Waals surface area (Å²) in [6, 6.07) is 1.00. The van der Waals surface area contributed by atoms with Gasteiger partial charge in [0.2, 0.25) is 0 Å². The summed E-state index contributed by atoms with van der Waals surface area (Å²) in [6.45, 7) is 2.84. The Kier molecular flexibility index (Phi) is 3.01. The van der Waals surface area contributed by atoms with Crippen LogP contribution >= 0.6 is 0 Å². The van der Waals surface area contributed by atoms with Crippen LogP contribution < -0.4 is 0 Å². The van der Waals surface area contributed by atoms with E-state index >= 15 is 0 Å². The van der Waals surface area contributed by atoms with Crippen molar-refractivity contribution in [2.24, 2.45) is 11.8 Å². The van der Waals surface area contributed by atoms with Crippen LogP contribution in [-0.4, -0.2) is 24.0 Å². The summed E-state index contributed by atoms with van der Waals surface area (Å²) in [4.78, 5) is 2.71. The Bertz CT molecular complexity index is 205. The van der Waals surface area contributed by atoms with Crippen molar-refractivity contribution in [3.05, 3.63) is 0 Å². The van der Waals surface area contributed by atoms with Gasteiger partial charge in [-0.25, -0.2) is 0 Å². The van der Waals surface area contributed by atoms with E-state index in [0.717, 1.165) is 17.9 Å². The van der Waals surface area contributed by atoms with E-state index in [-0.39, 0.29) is 0 Å². The molecule has 0 spiro atoms. The monoisotopic (exact) mass is 207 g/mol. The summed E-state index contributed by atoms with van der Waals surface area (Å²) in [7, 11) is 0. The van der Waals surface area contributed by atoms with E-state index in [0.29, 0.717) is 0 Å². The van der Waals surface area contributed by atoms with Crippen molar-refractivity contribution in [1.29, 1.82) is 0 Å². The second-order valence-electron chi connectivity index (χ2n) is 6.11. The minimum atomic E-state index is 1.00. The first-order valence-corrected chi connectivity index (χ1v) is 7.16. The predicted octanol–water partition coefficient (Wildman–Crippen LogP) is 3.44. The Morgan fingerprint density at radius 1 is 0.867 bits per heavy atom. The smallest absolute Gasteiger partial charge is 0.0223 e. The van der Waals surface area contributed by atoms with E-state index < -0.39 is 0 Å². The molecular formula is C14H25N. The first-order valence-electron chi connectivity index (χ1n) is 7.16. The molecule has 0 aromatic carbocycles. The van der Waals surface area contributed by atoms with E-state index in [9.17, 15) is 0 Å². The van der Waals surface area contributed by atoms with Gasteiger partial charge in [0.05, 0.1) is 0 Å². The van der Waals surface area contributed by atoms with Gasteiger partial charge < -0.3 is 0 Å². The lowest BCUT2D eigenvalue weighted by molar-refractivity contribution is 0.285. The molecule has 0 bridgehead atoms. The van der Waals surface area contributed by atoms with Gasteiger partial charge in [0.15, 0.2) is 0 Å². The lowest BCUT2D eigenvalue weighted by atomic mass is 9.82. The quantitative estimate of drug-likeness (QED) is 0.578. The van der Waals surface area contributed by atoms with E-state index in [4.69, 9.17) is 0 Å². The van der Waals surface area contributed by atoms with Crippen LogP contribution in [0, 0.1) is 11.8 Å². The normalized spacial score (nSPS) is 35.2. The van der Waals surface area contributed by atoms with Crippen LogP contribution in [0.25, 0.3) is 0 Å². The fourth-order valence-electron chi connectivity index (χ4n) is 2.95. The molecule has 1 nitrogen and oxygen atoms in total. The molecule has 15 heavy (non-hydrogen) atoms. The van der Waals surface area contributed by atoms with E-state index in [1.165, 1.54) is 70.9 Å². The fraction of sp³-hybridized carbons (Fsp3) is 1.00. The lowest BCUT2D eigenvalue weighted by Crippen LogP contribution is -2.11. The summed E-state index contributed by atoms with van der Waals surface area (Å²) in [6.07, 6.45) is 13.7. The van der Waals surface area contributed by atoms with E-state index in [2.05, 4.69) is 4.90 Å². The van der Waals surface area contributed by atoms with E-state index in [1.54, 1.807) is 0 Å². The van der Waals surface area contributed by atoms with Gasteiger partial charge in [0.25, 0.3) is 0 Å². The molecule has 2 unspecified atom stereocenters. The van der Waals surface area contributed by atoms with Crippen LogP contribution in [-0.2, 0) is 0 Å². The largest absolute Gasteiger partial charge is 0.298 e. The Hall–Kier alpha value is -0.0400. The van der Waals surface area contributed by atoms with Gasteiger partial charge in [-0.15, -0.1) is 0 Å². The molecule has 2 aliphatic carbocycles. The number of hydrogen-bond acceptors (Lipinski definition) is 1. The molecule has 1 saturated heterocycles. The van der Waals surface area contributed by atoms with Crippen molar-refractivity contribution in [1.82, 2.24) is 4.90 Å². The molecule has 3 aliphatic rings. The summed E-state index contributed by atoms with van der Waals surface area (Å²) in [5.41, 5.74) is 0. The molecule has 0 radical (unpaired) electrons. The summed E-state index contributed by atoms with van der Waals surface area (Å²) >= 11 is 0. The molecule has 0 amide bonds. The van der Waals surface area contributed by atoms with Crippen molar-refractivity contribution in [2.75, 3.05) is 13.1 Å². The maximum atomic E-state index is 2.71. The maximum absolute atomic E-state index is 2.71. The maximum Gasteiger partial charge on any atom is 0.0223 e. The molecule has 2 atom stereocenters. The molecule has 0 aromatic rings. The molecule has 3 fully saturated rings. The van der Waals surface area contributed by atoms with Crippen LogP contribution in [0.1, 0.15) is 57.8 Å². The second kappa shape index (κ2) is 4.45.